The Morgan fingerprint density at radius 1 is 0.660 bits per heavy atom. The molecule has 47 heavy (non-hydrogen) atoms. The number of nitrogens with zero attached hydrogens (tertiary/aromatic N) is 4. The minimum Gasteiger partial charge on any atom is -0.310 e. The van der Waals surface area contributed by atoms with E-state index in [0.29, 0.717) is 0 Å². The third-order valence-electron chi connectivity index (χ3n) is 8.56. The van der Waals surface area contributed by atoms with Crippen molar-refractivity contribution in [2.75, 3.05) is 4.90 Å². The largest absolute Gasteiger partial charge is 0.310 e. The predicted molar refractivity (Wildman–Crippen MR) is 198 cm³/mol. The smallest absolute Gasteiger partial charge is 0.145 e. The second kappa shape index (κ2) is 12.8. The molecule has 7 aromatic rings. The summed E-state index contributed by atoms with van der Waals surface area (Å²) in [5.74, 6) is 0.860. The number of imidazole rings is 1. The highest BCUT2D eigenvalue weighted by molar-refractivity contribution is 6.03. The quantitative estimate of drug-likeness (QED) is 0.161. The second-order valence-corrected chi connectivity index (χ2v) is 11.8. The molecule has 0 aliphatic heterocycles. The van der Waals surface area contributed by atoms with E-state index >= 15 is 0 Å². The summed E-state index contributed by atoms with van der Waals surface area (Å²) >= 11 is 0. The Bertz CT molecular complexity index is 2240. The van der Waals surface area contributed by atoms with E-state index in [0.717, 1.165) is 78.8 Å². The Morgan fingerprint density at radius 3 is 2.02 bits per heavy atom. The van der Waals surface area contributed by atoms with Crippen molar-refractivity contribution in [1.29, 1.82) is 0 Å². The average molecular weight is 609 g/mol. The summed E-state index contributed by atoms with van der Waals surface area (Å²) < 4.78 is 2.24. The number of aliphatic imine (C=N–C) groups is 1. The first kappa shape index (κ1) is 29.7. The molecular weight excluding hydrogens is 573 g/mol. The van der Waals surface area contributed by atoms with Crippen molar-refractivity contribution in [3.63, 3.8) is 0 Å². The molecule has 0 spiro atoms. The van der Waals surface area contributed by atoms with Gasteiger partial charge in [0, 0.05) is 34.0 Å². The van der Waals surface area contributed by atoms with Crippen LogP contribution in [0, 0.1) is 13.8 Å². The molecular formula is C43H36N4. The standard InChI is InChI=1S/C43H36N4/c1-30-17-11-13-23-39(30)44-32(3)34-27-35(33(4)46(37-19-7-5-8-20-37)41-25-15-12-18-31(41)2)29-36(28-34)43-45-40-24-14-16-26-42(40)47(43)38-21-9-6-10-22-38/h5-29H,4H2,1-3H3. The van der Waals surface area contributed by atoms with E-state index in [1.807, 2.05) is 30.3 Å². The molecule has 0 aliphatic rings. The highest BCUT2D eigenvalue weighted by atomic mass is 15.2. The lowest BCUT2D eigenvalue weighted by Gasteiger charge is -2.29. The normalized spacial score (nSPS) is 11.5. The second-order valence-electron chi connectivity index (χ2n) is 11.8. The van der Waals surface area contributed by atoms with Gasteiger partial charge in [-0.25, -0.2) is 4.98 Å². The molecule has 0 radical (unpaired) electrons. The van der Waals surface area contributed by atoms with Crippen LogP contribution in [0.1, 0.15) is 29.2 Å². The third-order valence-corrected chi connectivity index (χ3v) is 8.56. The first-order valence-corrected chi connectivity index (χ1v) is 15.9. The van der Waals surface area contributed by atoms with E-state index in [-0.39, 0.29) is 0 Å². The van der Waals surface area contributed by atoms with Crippen molar-refractivity contribution in [3.8, 4) is 17.1 Å². The molecule has 0 N–H and O–H groups in total. The summed E-state index contributed by atoms with van der Waals surface area (Å²) in [6.07, 6.45) is 0. The summed E-state index contributed by atoms with van der Waals surface area (Å²) in [5, 5.41) is 0. The van der Waals surface area contributed by atoms with Crippen LogP contribution in [0.3, 0.4) is 0 Å². The summed E-state index contributed by atoms with van der Waals surface area (Å²) in [4.78, 5) is 12.6. The van der Waals surface area contributed by atoms with Crippen LogP contribution in [0.2, 0.25) is 0 Å². The van der Waals surface area contributed by atoms with Gasteiger partial charge in [-0.3, -0.25) is 9.56 Å². The number of rotatable bonds is 8. The fourth-order valence-corrected chi connectivity index (χ4v) is 6.09. The van der Waals surface area contributed by atoms with Crippen LogP contribution in [0.25, 0.3) is 33.8 Å². The van der Waals surface area contributed by atoms with Gasteiger partial charge in [-0.05, 0) is 110 Å². The molecule has 7 rings (SSSR count). The zero-order valence-corrected chi connectivity index (χ0v) is 26.9. The summed E-state index contributed by atoms with van der Waals surface area (Å²) in [6.45, 7) is 11.0. The number of hydrogen-bond donors (Lipinski definition) is 0. The number of aryl methyl sites for hydroxylation is 2. The molecule has 1 aromatic heterocycles. The maximum atomic E-state index is 5.21. The van der Waals surface area contributed by atoms with Crippen molar-refractivity contribution < 1.29 is 0 Å². The number of para-hydroxylation sites is 6. The van der Waals surface area contributed by atoms with Gasteiger partial charge in [-0.2, -0.15) is 0 Å². The van der Waals surface area contributed by atoms with E-state index in [2.05, 4.69) is 152 Å². The average Bonchev–Trinajstić information content (AvgIpc) is 3.51. The fourth-order valence-electron chi connectivity index (χ4n) is 6.09. The Balaban J connectivity index is 1.47. The lowest BCUT2D eigenvalue weighted by Crippen LogP contribution is -2.16. The van der Waals surface area contributed by atoms with Gasteiger partial charge in [0.25, 0.3) is 0 Å². The first-order chi connectivity index (χ1) is 23.0. The molecule has 6 aromatic carbocycles. The highest BCUT2D eigenvalue weighted by Crippen LogP contribution is 2.38. The van der Waals surface area contributed by atoms with Gasteiger partial charge in [0.15, 0.2) is 0 Å². The number of hydrogen-bond acceptors (Lipinski definition) is 3. The predicted octanol–water partition coefficient (Wildman–Crippen LogP) is 11.3. The van der Waals surface area contributed by atoms with Crippen molar-refractivity contribution in [2.45, 2.75) is 20.8 Å². The SMILES string of the molecule is C=C(c1cc(C(C)=Nc2ccccc2C)cc(-c2nc3ccccc3n2-c2ccccc2)c1)N(c1ccccc1)c1ccccc1C. The molecule has 0 bridgehead atoms. The first-order valence-electron chi connectivity index (χ1n) is 15.9. The minimum absolute atomic E-state index is 0.860. The molecule has 0 aliphatic carbocycles. The van der Waals surface area contributed by atoms with Gasteiger partial charge >= 0.3 is 0 Å². The van der Waals surface area contributed by atoms with Gasteiger partial charge in [0.2, 0.25) is 0 Å². The van der Waals surface area contributed by atoms with E-state index in [4.69, 9.17) is 16.6 Å². The summed E-state index contributed by atoms with van der Waals surface area (Å²) in [7, 11) is 0. The monoisotopic (exact) mass is 608 g/mol. The van der Waals surface area contributed by atoms with Crippen molar-refractivity contribution in [2.24, 2.45) is 4.99 Å². The fraction of sp³-hybridized carbons (Fsp3) is 0.0698. The van der Waals surface area contributed by atoms with Crippen LogP contribution >= 0.6 is 0 Å². The molecule has 4 heteroatoms. The number of benzene rings is 6. The van der Waals surface area contributed by atoms with Crippen molar-refractivity contribution >= 4 is 39.5 Å². The number of anilines is 2. The van der Waals surface area contributed by atoms with Crippen LogP contribution < -0.4 is 4.90 Å². The molecule has 0 amide bonds. The molecule has 0 saturated heterocycles. The molecule has 228 valence electrons. The van der Waals surface area contributed by atoms with E-state index in [1.165, 1.54) is 0 Å². The van der Waals surface area contributed by atoms with E-state index in [9.17, 15) is 0 Å². The summed E-state index contributed by atoms with van der Waals surface area (Å²) in [6, 6.07) is 52.5. The number of aromatic nitrogens is 2. The third kappa shape index (κ3) is 5.89. The molecule has 0 unspecified atom stereocenters. The molecule has 1 heterocycles. The van der Waals surface area contributed by atoms with Crippen molar-refractivity contribution in [1.82, 2.24) is 9.55 Å². The molecule has 0 saturated carbocycles. The van der Waals surface area contributed by atoms with Gasteiger partial charge < -0.3 is 4.90 Å². The van der Waals surface area contributed by atoms with Gasteiger partial charge in [-0.1, -0.05) is 91.5 Å². The Morgan fingerprint density at radius 2 is 1.28 bits per heavy atom. The number of fused-ring (bicyclic) bond motifs is 1. The van der Waals surface area contributed by atoms with Crippen LogP contribution in [0.15, 0.2) is 163 Å². The molecule has 0 fully saturated rings. The van der Waals surface area contributed by atoms with Crippen molar-refractivity contribution in [3.05, 3.63) is 180 Å². The van der Waals surface area contributed by atoms with Gasteiger partial charge in [0.1, 0.15) is 5.82 Å². The van der Waals surface area contributed by atoms with Crippen LogP contribution in [-0.4, -0.2) is 15.3 Å². The maximum Gasteiger partial charge on any atom is 0.145 e. The summed E-state index contributed by atoms with van der Waals surface area (Å²) in [5.41, 5.74) is 13.2. The molecule has 0 atom stereocenters. The van der Waals surface area contributed by atoms with Gasteiger partial charge in [-0.15, -0.1) is 0 Å². The lowest BCUT2D eigenvalue weighted by molar-refractivity contribution is 1.10. The van der Waals surface area contributed by atoms with Crippen LogP contribution in [0.5, 0.6) is 0 Å². The topological polar surface area (TPSA) is 33.4 Å². The zero-order valence-electron chi connectivity index (χ0n) is 26.9. The van der Waals surface area contributed by atoms with Gasteiger partial charge in [0.05, 0.1) is 16.7 Å². The Kier molecular flexibility index (Phi) is 8.07. The minimum atomic E-state index is 0.860. The lowest BCUT2D eigenvalue weighted by atomic mass is 9.99. The van der Waals surface area contributed by atoms with Crippen LogP contribution in [0.4, 0.5) is 17.1 Å². The van der Waals surface area contributed by atoms with E-state index in [1.54, 1.807) is 0 Å². The Hall–Kier alpha value is -6.00. The zero-order chi connectivity index (χ0) is 32.3. The maximum absolute atomic E-state index is 5.21. The highest BCUT2D eigenvalue weighted by Gasteiger charge is 2.21. The van der Waals surface area contributed by atoms with Crippen LogP contribution in [-0.2, 0) is 0 Å². The molecule has 4 nitrogen and oxygen atoms in total. The van der Waals surface area contributed by atoms with E-state index < -0.39 is 0 Å². The Labute approximate surface area is 276 Å².